The molecule has 0 aromatic heterocycles. The quantitative estimate of drug-likeness (QED) is 0.535. The van der Waals surface area contributed by atoms with E-state index in [4.69, 9.17) is 9.47 Å². The Morgan fingerprint density at radius 3 is 2.70 bits per heavy atom. The van der Waals surface area contributed by atoms with E-state index in [1.807, 2.05) is 0 Å². The highest BCUT2D eigenvalue weighted by molar-refractivity contribution is 5.87. The van der Waals surface area contributed by atoms with Crippen molar-refractivity contribution in [3.05, 3.63) is 35.1 Å². The third kappa shape index (κ3) is 2.63. The zero-order valence-electron chi connectivity index (χ0n) is 16.8. The van der Waals surface area contributed by atoms with Gasteiger partial charge in [0.1, 0.15) is 5.78 Å². The minimum Gasteiger partial charge on any atom is -0.501 e. The number of allylic oxidation sites excluding steroid dienone is 5. The van der Waals surface area contributed by atoms with Crippen LogP contribution < -0.4 is 0 Å². The summed E-state index contributed by atoms with van der Waals surface area (Å²) >= 11 is 0. The molecule has 4 heteroatoms. The fraction of sp³-hybridized carbons (Fsp3) is 0.652. The van der Waals surface area contributed by atoms with Crippen molar-refractivity contribution >= 4 is 11.8 Å². The number of fused-ring (bicyclic) bond motifs is 5. The number of Topliss-reactive ketones (excluding diaryl/α,β-unsaturated/α-hetero) is 1. The Morgan fingerprint density at radius 1 is 1.22 bits per heavy atom. The van der Waals surface area contributed by atoms with E-state index in [1.54, 1.807) is 13.2 Å². The molecule has 0 aromatic rings. The lowest BCUT2D eigenvalue weighted by Gasteiger charge is -2.55. The maximum atomic E-state index is 13.5. The Balaban J connectivity index is 1.72. The Labute approximate surface area is 161 Å². The van der Waals surface area contributed by atoms with Gasteiger partial charge in [-0.15, -0.1) is 0 Å². The van der Waals surface area contributed by atoms with Gasteiger partial charge >= 0.3 is 5.97 Å². The molecule has 0 bridgehead atoms. The van der Waals surface area contributed by atoms with E-state index in [0.717, 1.165) is 43.4 Å². The highest BCUT2D eigenvalue weighted by Gasteiger charge is 2.60. The fourth-order valence-electron chi connectivity index (χ4n) is 6.58. The van der Waals surface area contributed by atoms with Gasteiger partial charge in [0.05, 0.1) is 20.0 Å². The van der Waals surface area contributed by atoms with Crippen LogP contribution in [-0.4, -0.2) is 26.0 Å². The van der Waals surface area contributed by atoms with Crippen molar-refractivity contribution in [3.8, 4) is 0 Å². The lowest BCUT2D eigenvalue weighted by molar-refractivity contribution is -0.140. The second-order valence-corrected chi connectivity index (χ2v) is 9.17. The van der Waals surface area contributed by atoms with E-state index >= 15 is 0 Å². The smallest absolute Gasteiger partial charge is 0.330 e. The van der Waals surface area contributed by atoms with Crippen LogP contribution in [0.1, 0.15) is 52.4 Å². The number of esters is 1. The number of carbonyl (C=O) groups excluding carboxylic acids is 2. The van der Waals surface area contributed by atoms with Crippen LogP contribution in [0.3, 0.4) is 0 Å². The highest BCUT2D eigenvalue weighted by Crippen LogP contribution is 2.64. The predicted molar refractivity (Wildman–Crippen MR) is 103 cm³/mol. The number of rotatable bonds is 2. The summed E-state index contributed by atoms with van der Waals surface area (Å²) in [6.45, 7) is 4.47. The molecular formula is C23H30O4. The maximum Gasteiger partial charge on any atom is 0.330 e. The van der Waals surface area contributed by atoms with Crippen LogP contribution in [0, 0.1) is 28.6 Å². The van der Waals surface area contributed by atoms with Crippen LogP contribution in [0.25, 0.3) is 0 Å². The van der Waals surface area contributed by atoms with Crippen molar-refractivity contribution < 1.29 is 19.1 Å². The zero-order valence-corrected chi connectivity index (χ0v) is 16.8. The summed E-state index contributed by atoms with van der Waals surface area (Å²) in [4.78, 5) is 25.3. The van der Waals surface area contributed by atoms with Crippen molar-refractivity contribution in [2.75, 3.05) is 14.2 Å². The van der Waals surface area contributed by atoms with Gasteiger partial charge in [0.25, 0.3) is 0 Å². The van der Waals surface area contributed by atoms with E-state index < -0.39 is 0 Å². The van der Waals surface area contributed by atoms with Gasteiger partial charge in [-0.1, -0.05) is 25.5 Å². The van der Waals surface area contributed by atoms with Crippen LogP contribution >= 0.6 is 0 Å². The van der Waals surface area contributed by atoms with Crippen molar-refractivity contribution in [2.24, 2.45) is 28.6 Å². The third-order valence-corrected chi connectivity index (χ3v) is 8.03. The van der Waals surface area contributed by atoms with Crippen LogP contribution in [0.4, 0.5) is 0 Å². The Hall–Kier alpha value is -1.84. The Bertz CT molecular complexity index is 773. The molecule has 0 aliphatic heterocycles. The van der Waals surface area contributed by atoms with Gasteiger partial charge in [-0.3, -0.25) is 4.79 Å². The molecule has 0 heterocycles. The standard InChI is InChI=1S/C23H30O4/c1-22-10-9-16(26-3)11-14(22)5-7-17-18-8-6-15(12-20(25)27-4)23(18,2)13-19(24)21(17)22/h5,11-12,17-18,21H,6-10,13H2,1-4H3/b15-12+. The monoisotopic (exact) mass is 370 g/mol. The van der Waals surface area contributed by atoms with Gasteiger partial charge in [0.15, 0.2) is 0 Å². The molecule has 0 aromatic carbocycles. The summed E-state index contributed by atoms with van der Waals surface area (Å²) in [6.07, 6.45) is 11.5. The molecule has 5 unspecified atom stereocenters. The zero-order chi connectivity index (χ0) is 19.4. The molecule has 146 valence electrons. The number of carbonyl (C=O) groups is 2. The SMILES string of the molecule is COC(=O)/C=C1\CCC2C3CC=C4C=C(OC)CCC4(C)C3C(=O)CC12C. The lowest BCUT2D eigenvalue weighted by Crippen LogP contribution is -2.53. The highest BCUT2D eigenvalue weighted by atomic mass is 16.5. The molecule has 2 saturated carbocycles. The summed E-state index contributed by atoms with van der Waals surface area (Å²) in [7, 11) is 3.14. The van der Waals surface area contributed by atoms with Crippen molar-refractivity contribution in [3.63, 3.8) is 0 Å². The number of ketones is 1. The van der Waals surface area contributed by atoms with Crippen LogP contribution in [0.2, 0.25) is 0 Å². The summed E-state index contributed by atoms with van der Waals surface area (Å²) in [5.74, 6) is 2.00. The van der Waals surface area contributed by atoms with Crippen molar-refractivity contribution in [1.29, 1.82) is 0 Å². The number of ether oxygens (including phenoxy) is 2. The van der Waals surface area contributed by atoms with E-state index in [2.05, 4.69) is 26.0 Å². The third-order valence-electron chi connectivity index (χ3n) is 8.03. The van der Waals surface area contributed by atoms with Gasteiger partial charge in [0.2, 0.25) is 0 Å². The topological polar surface area (TPSA) is 52.6 Å². The average molecular weight is 370 g/mol. The molecule has 0 amide bonds. The molecule has 0 radical (unpaired) electrons. The number of hydrogen-bond donors (Lipinski definition) is 0. The molecule has 2 fully saturated rings. The molecule has 5 atom stereocenters. The van der Waals surface area contributed by atoms with E-state index in [9.17, 15) is 9.59 Å². The summed E-state index contributed by atoms with van der Waals surface area (Å²) in [5.41, 5.74) is 2.11. The van der Waals surface area contributed by atoms with E-state index in [0.29, 0.717) is 24.0 Å². The second-order valence-electron chi connectivity index (χ2n) is 9.17. The molecule has 4 aliphatic rings. The summed E-state index contributed by atoms with van der Waals surface area (Å²) in [6, 6.07) is 0. The molecule has 27 heavy (non-hydrogen) atoms. The van der Waals surface area contributed by atoms with Crippen LogP contribution in [0.5, 0.6) is 0 Å². The van der Waals surface area contributed by atoms with Gasteiger partial charge in [-0.25, -0.2) is 4.79 Å². The second kappa shape index (κ2) is 6.35. The van der Waals surface area contributed by atoms with Gasteiger partial charge in [-0.05, 0) is 54.6 Å². The fourth-order valence-corrected chi connectivity index (χ4v) is 6.58. The normalized spacial score (nSPS) is 41.9. The molecular weight excluding hydrogens is 340 g/mol. The first-order valence-corrected chi connectivity index (χ1v) is 10.1. The molecule has 4 aliphatic carbocycles. The van der Waals surface area contributed by atoms with Crippen LogP contribution in [0.15, 0.2) is 35.1 Å². The molecule has 4 nitrogen and oxygen atoms in total. The molecule has 0 spiro atoms. The van der Waals surface area contributed by atoms with Gasteiger partial charge in [0, 0.05) is 30.3 Å². The molecule has 0 N–H and O–H groups in total. The summed E-state index contributed by atoms with van der Waals surface area (Å²) < 4.78 is 10.3. The lowest BCUT2D eigenvalue weighted by atomic mass is 9.48. The maximum absolute atomic E-state index is 13.5. The first-order valence-electron chi connectivity index (χ1n) is 10.1. The van der Waals surface area contributed by atoms with Gasteiger partial charge in [-0.2, -0.15) is 0 Å². The van der Waals surface area contributed by atoms with Crippen molar-refractivity contribution in [1.82, 2.24) is 0 Å². The first-order chi connectivity index (χ1) is 12.8. The molecule has 0 saturated heterocycles. The Morgan fingerprint density at radius 2 is 2.00 bits per heavy atom. The van der Waals surface area contributed by atoms with E-state index in [-0.39, 0.29) is 22.7 Å². The minimum atomic E-state index is -0.302. The largest absolute Gasteiger partial charge is 0.501 e. The number of hydrogen-bond acceptors (Lipinski definition) is 4. The summed E-state index contributed by atoms with van der Waals surface area (Å²) in [5, 5.41) is 0. The van der Waals surface area contributed by atoms with Crippen LogP contribution in [-0.2, 0) is 19.1 Å². The Kier molecular flexibility index (Phi) is 4.36. The van der Waals surface area contributed by atoms with Gasteiger partial charge < -0.3 is 9.47 Å². The predicted octanol–water partition coefficient (Wildman–Crippen LogP) is 4.37. The first kappa shape index (κ1) is 18.5. The number of methoxy groups -OCH3 is 2. The minimum absolute atomic E-state index is 0.0851. The molecule has 4 rings (SSSR count). The van der Waals surface area contributed by atoms with Crippen molar-refractivity contribution in [2.45, 2.75) is 52.4 Å². The van der Waals surface area contributed by atoms with E-state index in [1.165, 1.54) is 12.7 Å². The average Bonchev–Trinajstić information content (AvgIpc) is 2.96.